The van der Waals surface area contributed by atoms with Crippen molar-refractivity contribution in [2.75, 3.05) is 31.1 Å². The number of hydrogen-bond donors (Lipinski definition) is 0. The van der Waals surface area contributed by atoms with E-state index in [2.05, 4.69) is 46.4 Å². The molecule has 0 aliphatic carbocycles. The Morgan fingerprint density at radius 3 is 2.30 bits per heavy atom. The molecule has 27 heavy (non-hydrogen) atoms. The first-order chi connectivity index (χ1) is 13.2. The van der Waals surface area contributed by atoms with Gasteiger partial charge < -0.3 is 9.80 Å². The highest BCUT2D eigenvalue weighted by Gasteiger charge is 2.24. The standard InChI is InChI=1S/C21H23N5O/c1-2-17-8-10-19(11-9-17)26-16-20(22-23-26)21(27)25-14-12-24(13-15-25)18-6-4-3-5-7-18/h3-11,16H,2,12-15H2,1H3. The second-order valence-electron chi connectivity index (χ2n) is 6.68. The van der Waals surface area contributed by atoms with E-state index >= 15 is 0 Å². The van der Waals surface area contributed by atoms with Crippen LogP contribution in [0.3, 0.4) is 0 Å². The molecule has 1 aliphatic heterocycles. The van der Waals surface area contributed by atoms with Gasteiger partial charge in [-0.25, -0.2) is 4.68 Å². The molecule has 0 unspecified atom stereocenters. The van der Waals surface area contributed by atoms with Crippen molar-refractivity contribution < 1.29 is 4.79 Å². The molecule has 1 aromatic heterocycles. The average molecular weight is 361 g/mol. The lowest BCUT2D eigenvalue weighted by atomic mass is 10.1. The van der Waals surface area contributed by atoms with Crippen molar-refractivity contribution in [2.45, 2.75) is 13.3 Å². The minimum Gasteiger partial charge on any atom is -0.368 e. The quantitative estimate of drug-likeness (QED) is 0.717. The van der Waals surface area contributed by atoms with Crippen LogP contribution in [0.15, 0.2) is 60.8 Å². The van der Waals surface area contributed by atoms with Gasteiger partial charge in [0.2, 0.25) is 0 Å². The number of aryl methyl sites for hydroxylation is 1. The van der Waals surface area contributed by atoms with Crippen LogP contribution in [-0.4, -0.2) is 52.0 Å². The van der Waals surface area contributed by atoms with Gasteiger partial charge in [0, 0.05) is 31.9 Å². The molecule has 1 saturated heterocycles. The van der Waals surface area contributed by atoms with Gasteiger partial charge in [-0.05, 0) is 36.2 Å². The molecular weight excluding hydrogens is 338 g/mol. The van der Waals surface area contributed by atoms with Gasteiger partial charge in [-0.15, -0.1) is 5.10 Å². The molecule has 1 aliphatic rings. The van der Waals surface area contributed by atoms with E-state index in [9.17, 15) is 4.79 Å². The lowest BCUT2D eigenvalue weighted by Crippen LogP contribution is -2.48. The predicted molar refractivity (Wildman–Crippen MR) is 105 cm³/mol. The molecule has 0 N–H and O–H groups in total. The summed E-state index contributed by atoms with van der Waals surface area (Å²) in [5.74, 6) is -0.0564. The zero-order valence-electron chi connectivity index (χ0n) is 15.5. The van der Waals surface area contributed by atoms with Crippen LogP contribution in [0.4, 0.5) is 5.69 Å². The lowest BCUT2D eigenvalue weighted by molar-refractivity contribution is 0.0741. The molecule has 1 amide bonds. The molecule has 138 valence electrons. The van der Waals surface area contributed by atoms with Crippen LogP contribution >= 0.6 is 0 Å². The largest absolute Gasteiger partial charge is 0.368 e. The summed E-state index contributed by atoms with van der Waals surface area (Å²) in [7, 11) is 0. The van der Waals surface area contributed by atoms with Crippen molar-refractivity contribution in [3.05, 3.63) is 72.1 Å². The van der Waals surface area contributed by atoms with Crippen molar-refractivity contribution in [1.82, 2.24) is 19.9 Å². The molecule has 2 heterocycles. The van der Waals surface area contributed by atoms with Crippen molar-refractivity contribution in [2.24, 2.45) is 0 Å². The highest BCUT2D eigenvalue weighted by atomic mass is 16.2. The predicted octanol–water partition coefficient (Wildman–Crippen LogP) is 2.79. The second kappa shape index (κ2) is 7.61. The van der Waals surface area contributed by atoms with E-state index < -0.39 is 0 Å². The number of carbonyl (C=O) groups is 1. The minimum absolute atomic E-state index is 0.0564. The Hall–Kier alpha value is -3.15. The third-order valence-electron chi connectivity index (χ3n) is 5.01. The fraction of sp³-hybridized carbons (Fsp3) is 0.286. The fourth-order valence-electron chi connectivity index (χ4n) is 3.34. The van der Waals surface area contributed by atoms with E-state index in [4.69, 9.17) is 0 Å². The number of piperazine rings is 1. The van der Waals surface area contributed by atoms with Gasteiger partial charge in [-0.1, -0.05) is 42.5 Å². The third-order valence-corrected chi connectivity index (χ3v) is 5.01. The molecule has 1 fully saturated rings. The summed E-state index contributed by atoms with van der Waals surface area (Å²) in [4.78, 5) is 16.9. The number of benzene rings is 2. The molecule has 6 nitrogen and oxygen atoms in total. The lowest BCUT2D eigenvalue weighted by Gasteiger charge is -2.35. The Morgan fingerprint density at radius 1 is 0.926 bits per heavy atom. The monoisotopic (exact) mass is 361 g/mol. The molecule has 4 rings (SSSR count). The molecule has 0 radical (unpaired) electrons. The smallest absolute Gasteiger partial charge is 0.276 e. The summed E-state index contributed by atoms with van der Waals surface area (Å²) >= 11 is 0. The van der Waals surface area contributed by atoms with Gasteiger partial charge in [0.25, 0.3) is 5.91 Å². The number of rotatable bonds is 4. The van der Waals surface area contributed by atoms with Crippen LogP contribution in [0.2, 0.25) is 0 Å². The third kappa shape index (κ3) is 3.69. The molecule has 0 spiro atoms. The number of amides is 1. The normalized spacial score (nSPS) is 14.4. The maximum absolute atomic E-state index is 12.8. The SMILES string of the molecule is CCc1ccc(-n2cc(C(=O)N3CCN(c4ccccc4)CC3)nn2)cc1. The van der Waals surface area contributed by atoms with E-state index in [1.54, 1.807) is 10.9 Å². The van der Waals surface area contributed by atoms with Crippen molar-refractivity contribution in [1.29, 1.82) is 0 Å². The van der Waals surface area contributed by atoms with E-state index in [0.29, 0.717) is 18.8 Å². The maximum atomic E-state index is 12.8. The average Bonchev–Trinajstić information content (AvgIpc) is 3.24. The van der Waals surface area contributed by atoms with Crippen LogP contribution in [0, 0.1) is 0 Å². The summed E-state index contributed by atoms with van der Waals surface area (Å²) in [5.41, 5.74) is 3.77. The number of aromatic nitrogens is 3. The summed E-state index contributed by atoms with van der Waals surface area (Å²) in [6.45, 7) is 5.14. The van der Waals surface area contributed by atoms with Crippen LogP contribution < -0.4 is 4.90 Å². The first-order valence-electron chi connectivity index (χ1n) is 9.35. The molecule has 6 heteroatoms. The summed E-state index contributed by atoms with van der Waals surface area (Å²) in [6, 6.07) is 18.4. The van der Waals surface area contributed by atoms with Gasteiger partial charge >= 0.3 is 0 Å². The number of nitrogens with zero attached hydrogens (tertiary/aromatic N) is 5. The van der Waals surface area contributed by atoms with Gasteiger partial charge in [-0.3, -0.25) is 4.79 Å². The van der Waals surface area contributed by atoms with E-state index in [1.165, 1.54) is 11.3 Å². The molecule has 0 saturated carbocycles. The zero-order chi connectivity index (χ0) is 18.6. The molecular formula is C21H23N5O. The highest BCUT2D eigenvalue weighted by molar-refractivity contribution is 5.92. The number of anilines is 1. The molecule has 3 aromatic rings. The van der Waals surface area contributed by atoms with Crippen LogP contribution in [0.1, 0.15) is 23.0 Å². The zero-order valence-corrected chi connectivity index (χ0v) is 15.5. The summed E-state index contributed by atoms with van der Waals surface area (Å²) in [5, 5.41) is 8.22. The first-order valence-corrected chi connectivity index (χ1v) is 9.35. The first kappa shape index (κ1) is 17.3. The van der Waals surface area contributed by atoms with Gasteiger partial charge in [0.1, 0.15) is 0 Å². The van der Waals surface area contributed by atoms with Gasteiger partial charge in [0.05, 0.1) is 11.9 Å². The van der Waals surface area contributed by atoms with E-state index in [0.717, 1.165) is 25.2 Å². The van der Waals surface area contributed by atoms with Gasteiger partial charge in [0.15, 0.2) is 5.69 Å². The van der Waals surface area contributed by atoms with E-state index in [-0.39, 0.29) is 5.91 Å². The Bertz CT molecular complexity index is 896. The highest BCUT2D eigenvalue weighted by Crippen LogP contribution is 2.17. The molecule has 0 bridgehead atoms. The minimum atomic E-state index is -0.0564. The summed E-state index contributed by atoms with van der Waals surface area (Å²) in [6.07, 6.45) is 2.71. The van der Waals surface area contributed by atoms with Crippen LogP contribution in [0.5, 0.6) is 0 Å². The number of hydrogen-bond acceptors (Lipinski definition) is 4. The second-order valence-corrected chi connectivity index (χ2v) is 6.68. The summed E-state index contributed by atoms with van der Waals surface area (Å²) < 4.78 is 1.66. The Labute approximate surface area is 159 Å². The van der Waals surface area contributed by atoms with Gasteiger partial charge in [-0.2, -0.15) is 0 Å². The number of para-hydroxylation sites is 1. The molecule has 0 atom stereocenters. The van der Waals surface area contributed by atoms with E-state index in [1.807, 2.05) is 35.2 Å². The fourth-order valence-corrected chi connectivity index (χ4v) is 3.34. The Morgan fingerprint density at radius 2 is 1.63 bits per heavy atom. The van der Waals surface area contributed by atoms with Crippen LogP contribution in [-0.2, 0) is 6.42 Å². The van der Waals surface area contributed by atoms with Crippen molar-refractivity contribution in [3.8, 4) is 5.69 Å². The molecule has 2 aromatic carbocycles. The maximum Gasteiger partial charge on any atom is 0.276 e. The Kier molecular flexibility index (Phi) is 4.87. The number of carbonyl (C=O) groups excluding carboxylic acids is 1. The van der Waals surface area contributed by atoms with Crippen molar-refractivity contribution in [3.63, 3.8) is 0 Å². The topological polar surface area (TPSA) is 54.3 Å². The Balaban J connectivity index is 1.41. The van der Waals surface area contributed by atoms with Crippen LogP contribution in [0.25, 0.3) is 5.69 Å². The van der Waals surface area contributed by atoms with Crippen molar-refractivity contribution >= 4 is 11.6 Å².